The van der Waals surface area contributed by atoms with Crippen molar-refractivity contribution < 1.29 is 13.9 Å². The maximum Gasteiger partial charge on any atom is 0.263 e. The summed E-state index contributed by atoms with van der Waals surface area (Å²) in [5.41, 5.74) is 0. The van der Waals surface area contributed by atoms with E-state index >= 15 is 0 Å². The summed E-state index contributed by atoms with van der Waals surface area (Å²) in [7, 11) is 1.74. The van der Waals surface area contributed by atoms with Gasteiger partial charge < -0.3 is 14.1 Å². The number of amides is 1. The van der Waals surface area contributed by atoms with Crippen LogP contribution in [0.15, 0.2) is 45.3 Å². The zero-order valence-corrected chi connectivity index (χ0v) is 13.9. The average Bonchev–Trinajstić information content (AvgIpc) is 2.85. The summed E-state index contributed by atoms with van der Waals surface area (Å²) in [5.74, 6) is 2.18. The van der Waals surface area contributed by atoms with Gasteiger partial charge in [0.1, 0.15) is 17.3 Å². The van der Waals surface area contributed by atoms with Crippen LogP contribution in [0.1, 0.15) is 18.4 Å². The van der Waals surface area contributed by atoms with Crippen LogP contribution < -0.4 is 4.74 Å². The van der Waals surface area contributed by atoms with Crippen molar-refractivity contribution in [3.05, 3.63) is 52.4 Å². The molecule has 4 nitrogen and oxygen atoms in total. The summed E-state index contributed by atoms with van der Waals surface area (Å²) in [6, 6.07) is 11.2. The second-order valence-corrected chi connectivity index (χ2v) is 5.84. The van der Waals surface area contributed by atoms with E-state index < -0.39 is 6.10 Å². The number of carbonyl (C=O) groups excluding carboxylic acids is 1. The van der Waals surface area contributed by atoms with Crippen molar-refractivity contribution in [2.45, 2.75) is 26.5 Å². The normalized spacial score (nSPS) is 12.0. The predicted octanol–water partition coefficient (Wildman–Crippen LogP) is 3.78. The van der Waals surface area contributed by atoms with Gasteiger partial charge >= 0.3 is 0 Å². The number of halogens is 1. The Morgan fingerprint density at radius 1 is 1.29 bits per heavy atom. The third kappa shape index (κ3) is 4.36. The van der Waals surface area contributed by atoms with Crippen LogP contribution in [0.25, 0.3) is 0 Å². The molecule has 0 aliphatic heterocycles. The Balaban J connectivity index is 1.93. The number of hydrogen-bond donors (Lipinski definition) is 0. The molecular formula is C16H18BrNO3. The van der Waals surface area contributed by atoms with Crippen LogP contribution in [0, 0.1) is 6.92 Å². The molecule has 1 aromatic heterocycles. The van der Waals surface area contributed by atoms with E-state index in [9.17, 15) is 4.79 Å². The maximum absolute atomic E-state index is 12.3. The van der Waals surface area contributed by atoms with Crippen LogP contribution >= 0.6 is 15.9 Å². The fourth-order valence-electron chi connectivity index (χ4n) is 1.96. The van der Waals surface area contributed by atoms with E-state index in [-0.39, 0.29) is 5.91 Å². The molecule has 1 unspecified atom stereocenters. The van der Waals surface area contributed by atoms with Crippen molar-refractivity contribution >= 4 is 21.8 Å². The number of rotatable bonds is 5. The summed E-state index contributed by atoms with van der Waals surface area (Å²) >= 11 is 3.36. The second kappa shape index (κ2) is 6.80. The first-order valence-corrected chi connectivity index (χ1v) is 7.47. The lowest BCUT2D eigenvalue weighted by molar-refractivity contribution is -0.137. The Morgan fingerprint density at radius 2 is 1.95 bits per heavy atom. The highest BCUT2D eigenvalue weighted by atomic mass is 79.9. The molecule has 1 heterocycles. The van der Waals surface area contributed by atoms with Gasteiger partial charge in [-0.15, -0.1) is 0 Å². The maximum atomic E-state index is 12.3. The van der Waals surface area contributed by atoms with Crippen LogP contribution in [-0.4, -0.2) is 24.0 Å². The van der Waals surface area contributed by atoms with Crippen molar-refractivity contribution in [3.8, 4) is 5.75 Å². The van der Waals surface area contributed by atoms with E-state index in [2.05, 4.69) is 15.9 Å². The van der Waals surface area contributed by atoms with Gasteiger partial charge in [-0.3, -0.25) is 4.79 Å². The SMILES string of the molecule is Cc1ccc(CN(C)C(=O)C(C)Oc2ccc(Br)cc2)o1. The monoisotopic (exact) mass is 351 g/mol. The minimum atomic E-state index is -0.549. The van der Waals surface area contributed by atoms with Crippen LogP contribution in [0.3, 0.4) is 0 Å². The lowest BCUT2D eigenvalue weighted by Crippen LogP contribution is -2.37. The van der Waals surface area contributed by atoms with Gasteiger partial charge in [0, 0.05) is 11.5 Å². The molecule has 0 saturated heterocycles. The summed E-state index contributed by atoms with van der Waals surface area (Å²) in [4.78, 5) is 13.9. The lowest BCUT2D eigenvalue weighted by atomic mass is 10.3. The number of likely N-dealkylation sites (N-methyl/N-ethyl adjacent to an activating group) is 1. The largest absolute Gasteiger partial charge is 0.481 e. The number of hydrogen-bond acceptors (Lipinski definition) is 3. The van der Waals surface area contributed by atoms with Crippen molar-refractivity contribution in [3.63, 3.8) is 0 Å². The quantitative estimate of drug-likeness (QED) is 0.823. The third-order valence-electron chi connectivity index (χ3n) is 3.04. The molecular weight excluding hydrogens is 334 g/mol. The smallest absolute Gasteiger partial charge is 0.263 e. The Hall–Kier alpha value is -1.75. The Labute approximate surface area is 132 Å². The van der Waals surface area contributed by atoms with Gasteiger partial charge in [0.2, 0.25) is 0 Å². The number of furan rings is 1. The van der Waals surface area contributed by atoms with E-state index in [4.69, 9.17) is 9.15 Å². The molecule has 0 fully saturated rings. The Morgan fingerprint density at radius 3 is 2.52 bits per heavy atom. The van der Waals surface area contributed by atoms with Gasteiger partial charge in [0.05, 0.1) is 6.54 Å². The highest BCUT2D eigenvalue weighted by Crippen LogP contribution is 2.18. The van der Waals surface area contributed by atoms with E-state index in [1.54, 1.807) is 18.9 Å². The minimum Gasteiger partial charge on any atom is -0.481 e. The molecule has 0 bridgehead atoms. The molecule has 0 aliphatic carbocycles. The summed E-state index contributed by atoms with van der Waals surface area (Å²) in [6.07, 6.45) is -0.549. The number of aryl methyl sites for hydroxylation is 1. The zero-order chi connectivity index (χ0) is 15.4. The lowest BCUT2D eigenvalue weighted by Gasteiger charge is -2.21. The van der Waals surface area contributed by atoms with E-state index in [1.807, 2.05) is 43.3 Å². The van der Waals surface area contributed by atoms with Gasteiger partial charge in [-0.25, -0.2) is 0 Å². The van der Waals surface area contributed by atoms with E-state index in [1.165, 1.54) is 0 Å². The molecule has 1 aromatic carbocycles. The zero-order valence-electron chi connectivity index (χ0n) is 12.3. The highest BCUT2D eigenvalue weighted by Gasteiger charge is 2.20. The molecule has 112 valence electrons. The van der Waals surface area contributed by atoms with Crippen LogP contribution in [0.5, 0.6) is 5.75 Å². The summed E-state index contributed by atoms with van der Waals surface area (Å²) < 4.78 is 12.1. The summed E-state index contributed by atoms with van der Waals surface area (Å²) in [5, 5.41) is 0. The van der Waals surface area contributed by atoms with E-state index in [0.29, 0.717) is 12.3 Å². The van der Waals surface area contributed by atoms with Gasteiger partial charge in [-0.2, -0.15) is 0 Å². The van der Waals surface area contributed by atoms with Gasteiger partial charge in [-0.1, -0.05) is 15.9 Å². The van der Waals surface area contributed by atoms with Gasteiger partial charge in [0.15, 0.2) is 6.10 Å². The molecule has 2 rings (SSSR count). The van der Waals surface area contributed by atoms with Gasteiger partial charge in [0.25, 0.3) is 5.91 Å². The molecule has 5 heteroatoms. The molecule has 0 radical (unpaired) electrons. The second-order valence-electron chi connectivity index (χ2n) is 4.92. The molecule has 1 atom stereocenters. The first kappa shape index (κ1) is 15.6. The highest BCUT2D eigenvalue weighted by molar-refractivity contribution is 9.10. The molecule has 0 saturated carbocycles. The molecule has 0 spiro atoms. The van der Waals surface area contributed by atoms with Crippen molar-refractivity contribution in [2.75, 3.05) is 7.05 Å². The van der Waals surface area contributed by atoms with Gasteiger partial charge in [-0.05, 0) is 50.2 Å². The number of nitrogens with zero attached hydrogens (tertiary/aromatic N) is 1. The molecule has 1 amide bonds. The van der Waals surface area contributed by atoms with Crippen LogP contribution in [0.2, 0.25) is 0 Å². The predicted molar refractivity (Wildman–Crippen MR) is 84.2 cm³/mol. The fraction of sp³-hybridized carbons (Fsp3) is 0.312. The Kier molecular flexibility index (Phi) is 5.07. The minimum absolute atomic E-state index is 0.0908. The number of benzene rings is 1. The van der Waals surface area contributed by atoms with Crippen LogP contribution in [0.4, 0.5) is 0 Å². The average molecular weight is 352 g/mol. The van der Waals surface area contributed by atoms with E-state index in [0.717, 1.165) is 16.0 Å². The summed E-state index contributed by atoms with van der Waals surface area (Å²) in [6.45, 7) is 4.06. The first-order valence-electron chi connectivity index (χ1n) is 6.68. The fourth-order valence-corrected chi connectivity index (χ4v) is 2.22. The number of carbonyl (C=O) groups is 1. The first-order chi connectivity index (χ1) is 9.95. The molecule has 0 N–H and O–H groups in total. The van der Waals surface area contributed by atoms with Crippen LogP contribution in [-0.2, 0) is 11.3 Å². The van der Waals surface area contributed by atoms with Crippen molar-refractivity contribution in [1.82, 2.24) is 4.90 Å². The number of ether oxygens (including phenoxy) is 1. The van der Waals surface area contributed by atoms with Crippen molar-refractivity contribution in [1.29, 1.82) is 0 Å². The third-order valence-corrected chi connectivity index (χ3v) is 3.57. The molecule has 21 heavy (non-hydrogen) atoms. The topological polar surface area (TPSA) is 42.7 Å². The Bertz CT molecular complexity index is 606. The standard InChI is InChI=1S/C16H18BrNO3/c1-11-4-7-15(20-11)10-18(3)16(19)12(2)21-14-8-5-13(17)6-9-14/h4-9,12H,10H2,1-3H3. The van der Waals surface area contributed by atoms with Crippen molar-refractivity contribution in [2.24, 2.45) is 0 Å². The molecule has 2 aromatic rings. The molecule has 0 aliphatic rings.